The number of hydrogen-bond acceptors (Lipinski definition) is 8. The Labute approximate surface area is 219 Å². The number of aliphatic hydroxyl groups is 1. The molecule has 36 heavy (non-hydrogen) atoms. The lowest BCUT2D eigenvalue weighted by atomic mass is 9.86. The van der Waals surface area contributed by atoms with Crippen molar-refractivity contribution in [2.24, 2.45) is 0 Å². The molecule has 0 unspecified atom stereocenters. The lowest BCUT2D eigenvalue weighted by Gasteiger charge is -2.28. The number of alkyl carbamates (subject to hydrolysis) is 1. The summed E-state index contributed by atoms with van der Waals surface area (Å²) in [4.78, 5) is 19.2. The Bertz CT molecular complexity index is 1180. The van der Waals surface area contributed by atoms with Gasteiger partial charge in [-0.05, 0) is 64.5 Å². The summed E-state index contributed by atoms with van der Waals surface area (Å²) in [5.74, 6) is 1.13. The van der Waals surface area contributed by atoms with Gasteiger partial charge in [-0.15, -0.1) is 23.1 Å². The lowest BCUT2D eigenvalue weighted by molar-refractivity contribution is 0.109. The first kappa shape index (κ1) is 25.1. The molecular weight excluding hydrogens is 494 g/mol. The summed E-state index contributed by atoms with van der Waals surface area (Å²) >= 11 is 3.73. The lowest BCUT2D eigenvalue weighted by Crippen LogP contribution is -2.38. The van der Waals surface area contributed by atoms with E-state index in [0.717, 1.165) is 31.4 Å². The van der Waals surface area contributed by atoms with Crippen molar-refractivity contribution >= 4 is 40.7 Å². The predicted octanol–water partition coefficient (Wildman–Crippen LogP) is 6.18. The van der Waals surface area contributed by atoms with Crippen LogP contribution < -0.4 is 10.6 Å². The van der Waals surface area contributed by atoms with Crippen LogP contribution in [-0.4, -0.2) is 43.8 Å². The first-order valence-electron chi connectivity index (χ1n) is 12.6. The third-order valence-corrected chi connectivity index (χ3v) is 8.99. The smallest absolute Gasteiger partial charge is 0.407 e. The normalized spacial score (nSPS) is 19.9. The fourth-order valence-corrected chi connectivity index (χ4v) is 6.84. The Morgan fingerprint density at radius 1 is 1.22 bits per heavy atom. The van der Waals surface area contributed by atoms with Crippen molar-refractivity contribution in [3.8, 4) is 10.4 Å². The fourth-order valence-electron chi connectivity index (χ4n) is 4.42. The molecule has 10 heteroatoms. The third-order valence-electron chi connectivity index (χ3n) is 6.40. The van der Waals surface area contributed by atoms with Crippen LogP contribution in [0.2, 0.25) is 0 Å². The summed E-state index contributed by atoms with van der Waals surface area (Å²) in [6, 6.07) is 8.43. The first-order chi connectivity index (χ1) is 17.5. The SMILES string of the molecule is CC(C)OC(=O)NC1CCC(c2ncc(-c3ccc(Nc4cc(CO)[nH]n4)cc3SC3CC3)s2)CC1. The number of thiazole rings is 1. The molecule has 5 rings (SSSR count). The van der Waals surface area contributed by atoms with Crippen molar-refractivity contribution < 1.29 is 14.6 Å². The van der Waals surface area contributed by atoms with Crippen LogP contribution in [0, 0.1) is 0 Å². The van der Waals surface area contributed by atoms with E-state index < -0.39 is 0 Å². The molecule has 2 saturated carbocycles. The molecule has 0 atom stereocenters. The second-order valence-electron chi connectivity index (χ2n) is 9.80. The minimum atomic E-state index is -0.315. The van der Waals surface area contributed by atoms with Gasteiger partial charge in [0.15, 0.2) is 5.82 Å². The molecule has 4 N–H and O–H groups in total. The maximum atomic E-state index is 11.9. The van der Waals surface area contributed by atoms with Crippen LogP contribution in [0.4, 0.5) is 16.3 Å². The van der Waals surface area contributed by atoms with E-state index in [1.54, 1.807) is 11.3 Å². The summed E-state index contributed by atoms with van der Waals surface area (Å²) in [5.41, 5.74) is 2.88. The second-order valence-corrected chi connectivity index (χ2v) is 12.2. The number of thioether (sulfide) groups is 1. The molecular formula is C26H33N5O3S2. The van der Waals surface area contributed by atoms with E-state index in [1.165, 1.54) is 33.2 Å². The first-order valence-corrected chi connectivity index (χ1v) is 14.3. The van der Waals surface area contributed by atoms with Crippen LogP contribution in [0.1, 0.15) is 69.0 Å². The zero-order valence-electron chi connectivity index (χ0n) is 20.6. The number of hydrogen-bond donors (Lipinski definition) is 4. The van der Waals surface area contributed by atoms with Crippen molar-refractivity contribution in [3.63, 3.8) is 0 Å². The Hall–Kier alpha value is -2.56. The molecule has 0 saturated heterocycles. The topological polar surface area (TPSA) is 112 Å². The van der Waals surface area contributed by atoms with E-state index >= 15 is 0 Å². The molecule has 1 amide bonds. The number of H-pyrrole nitrogens is 1. The third kappa shape index (κ3) is 6.41. The Kier molecular flexibility index (Phi) is 7.83. The molecule has 0 aliphatic heterocycles. The molecule has 2 aromatic heterocycles. The number of carbonyl (C=O) groups excluding carboxylic acids is 1. The van der Waals surface area contributed by atoms with Crippen molar-refractivity contribution in [3.05, 3.63) is 41.2 Å². The maximum Gasteiger partial charge on any atom is 0.407 e. The second kappa shape index (κ2) is 11.2. The number of aliphatic hydroxyl groups excluding tert-OH is 1. The number of nitrogens with one attached hydrogen (secondary N) is 3. The quantitative estimate of drug-likeness (QED) is 0.263. The van der Waals surface area contributed by atoms with Gasteiger partial charge in [0.25, 0.3) is 0 Å². The van der Waals surface area contributed by atoms with E-state index in [1.807, 2.05) is 37.9 Å². The number of aromatic amines is 1. The molecule has 1 aromatic carbocycles. The highest BCUT2D eigenvalue weighted by Crippen LogP contribution is 2.46. The molecule has 192 valence electrons. The molecule has 0 spiro atoms. The van der Waals surface area contributed by atoms with Gasteiger partial charge in [-0.2, -0.15) is 5.10 Å². The zero-order chi connectivity index (χ0) is 25.1. The Morgan fingerprint density at radius 3 is 2.72 bits per heavy atom. The van der Waals surface area contributed by atoms with Crippen molar-refractivity contribution in [1.82, 2.24) is 20.5 Å². The van der Waals surface area contributed by atoms with Gasteiger partial charge in [-0.3, -0.25) is 5.10 Å². The Balaban J connectivity index is 1.25. The van der Waals surface area contributed by atoms with Crippen LogP contribution in [0.25, 0.3) is 10.4 Å². The van der Waals surface area contributed by atoms with Crippen molar-refractivity contribution in [1.29, 1.82) is 0 Å². The van der Waals surface area contributed by atoms with Crippen LogP contribution in [0.15, 0.2) is 35.4 Å². The van der Waals surface area contributed by atoms with Gasteiger partial charge in [-0.1, -0.05) is 6.07 Å². The van der Waals surface area contributed by atoms with Gasteiger partial charge < -0.3 is 20.5 Å². The zero-order valence-corrected chi connectivity index (χ0v) is 22.3. The van der Waals surface area contributed by atoms with Gasteiger partial charge >= 0.3 is 6.09 Å². The standard InChI is InChI=1S/C26H33N5O3S2/c1-15(2)34-26(33)29-17-5-3-16(4-6-17)25-27-13-23(36-25)21-10-7-18(11-22(21)35-20-8-9-20)28-24-12-19(14-32)30-31-24/h7,10-13,15-17,20,32H,3-6,8-9,14H2,1-2H3,(H,29,33)(H2,28,30,31). The van der Waals surface area contributed by atoms with Crippen molar-refractivity contribution in [2.45, 2.75) is 87.2 Å². The average molecular weight is 528 g/mol. The van der Waals surface area contributed by atoms with Gasteiger partial charge in [0.05, 0.1) is 28.3 Å². The van der Waals surface area contributed by atoms with Crippen LogP contribution >= 0.6 is 23.1 Å². The predicted molar refractivity (Wildman–Crippen MR) is 144 cm³/mol. The number of benzene rings is 1. The minimum absolute atomic E-state index is 0.0626. The molecule has 0 radical (unpaired) electrons. The number of rotatable bonds is 9. The van der Waals surface area contributed by atoms with Gasteiger partial charge in [0.1, 0.15) is 0 Å². The van der Waals surface area contributed by atoms with Crippen LogP contribution in [0.5, 0.6) is 0 Å². The van der Waals surface area contributed by atoms with Gasteiger partial charge in [0, 0.05) is 45.6 Å². The van der Waals surface area contributed by atoms with E-state index in [-0.39, 0.29) is 24.8 Å². The summed E-state index contributed by atoms with van der Waals surface area (Å²) in [5, 5.41) is 24.5. The summed E-state index contributed by atoms with van der Waals surface area (Å²) < 4.78 is 5.23. The monoisotopic (exact) mass is 527 g/mol. The van der Waals surface area contributed by atoms with Gasteiger partial charge in [0.2, 0.25) is 0 Å². The number of aromatic nitrogens is 3. The highest BCUT2D eigenvalue weighted by Gasteiger charge is 2.27. The van der Waals surface area contributed by atoms with E-state index in [2.05, 4.69) is 39.0 Å². The van der Waals surface area contributed by atoms with E-state index in [4.69, 9.17) is 9.72 Å². The molecule has 3 aromatic rings. The fraction of sp³-hybridized carbons (Fsp3) is 0.500. The minimum Gasteiger partial charge on any atom is -0.447 e. The molecule has 0 bridgehead atoms. The number of carbonyl (C=O) groups is 1. The molecule has 2 heterocycles. The summed E-state index contributed by atoms with van der Waals surface area (Å²) in [6.45, 7) is 3.66. The highest BCUT2D eigenvalue weighted by molar-refractivity contribution is 8.00. The molecule has 8 nitrogen and oxygen atoms in total. The highest BCUT2D eigenvalue weighted by atomic mass is 32.2. The number of amides is 1. The average Bonchev–Trinajstić information content (AvgIpc) is 3.34. The van der Waals surface area contributed by atoms with E-state index in [9.17, 15) is 9.90 Å². The van der Waals surface area contributed by atoms with E-state index in [0.29, 0.717) is 22.7 Å². The largest absolute Gasteiger partial charge is 0.447 e. The summed E-state index contributed by atoms with van der Waals surface area (Å²) in [7, 11) is 0. The van der Waals surface area contributed by atoms with Crippen LogP contribution in [-0.2, 0) is 11.3 Å². The number of nitrogens with zero attached hydrogens (tertiary/aromatic N) is 2. The molecule has 2 aliphatic rings. The summed E-state index contributed by atoms with van der Waals surface area (Å²) in [6.07, 6.45) is 8.05. The number of ether oxygens (including phenoxy) is 1. The Morgan fingerprint density at radius 2 is 2.03 bits per heavy atom. The maximum absolute atomic E-state index is 11.9. The van der Waals surface area contributed by atoms with Gasteiger partial charge in [-0.25, -0.2) is 9.78 Å². The van der Waals surface area contributed by atoms with Crippen LogP contribution in [0.3, 0.4) is 0 Å². The number of anilines is 2. The van der Waals surface area contributed by atoms with Crippen molar-refractivity contribution in [2.75, 3.05) is 5.32 Å². The molecule has 2 aliphatic carbocycles. The molecule has 2 fully saturated rings.